The summed E-state index contributed by atoms with van der Waals surface area (Å²) in [7, 11) is 0. The molecule has 2 amide bonds. The molecule has 0 radical (unpaired) electrons. The highest BCUT2D eigenvalue weighted by atomic mass is 16.5. The molecule has 0 aliphatic carbocycles. The smallest absolute Gasteiger partial charge is 0.236 e. The lowest BCUT2D eigenvalue weighted by Crippen LogP contribution is -2.41. The van der Waals surface area contributed by atoms with E-state index in [-0.39, 0.29) is 11.8 Å². The van der Waals surface area contributed by atoms with Gasteiger partial charge in [0.2, 0.25) is 11.8 Å². The number of ether oxygens (including phenoxy) is 1. The van der Waals surface area contributed by atoms with E-state index in [9.17, 15) is 9.59 Å². The van der Waals surface area contributed by atoms with Gasteiger partial charge in [-0.25, -0.2) is 0 Å². The van der Waals surface area contributed by atoms with Gasteiger partial charge in [-0.15, -0.1) is 0 Å². The number of benzene rings is 1. The van der Waals surface area contributed by atoms with Crippen LogP contribution in [0.25, 0.3) is 0 Å². The van der Waals surface area contributed by atoms with Crippen molar-refractivity contribution in [2.45, 2.75) is 46.1 Å². The van der Waals surface area contributed by atoms with Crippen LogP contribution < -0.4 is 4.74 Å². The summed E-state index contributed by atoms with van der Waals surface area (Å²) in [4.78, 5) is 31.4. The molecule has 4 rings (SSSR count). The normalized spacial score (nSPS) is 17.3. The first-order valence-electron chi connectivity index (χ1n) is 11.9. The number of likely N-dealkylation sites (tertiary alicyclic amines) is 1. The minimum atomic E-state index is 0.132. The third kappa shape index (κ3) is 6.13. The molecule has 0 N–H and O–H groups in total. The number of carbonyl (C=O) groups excluding carboxylic acids is 2. The van der Waals surface area contributed by atoms with Gasteiger partial charge < -0.3 is 19.1 Å². The third-order valence-corrected chi connectivity index (χ3v) is 6.60. The van der Waals surface area contributed by atoms with Crippen molar-refractivity contribution in [3.63, 3.8) is 0 Å². The topological polar surface area (TPSA) is 79.1 Å². The van der Waals surface area contributed by atoms with Crippen molar-refractivity contribution in [1.29, 1.82) is 0 Å². The molecule has 0 saturated carbocycles. The second-order valence-electron chi connectivity index (χ2n) is 9.01. The zero-order valence-electron chi connectivity index (χ0n) is 19.7. The number of aryl methyl sites for hydroxylation is 2. The molecule has 8 heteroatoms. The lowest BCUT2D eigenvalue weighted by atomic mass is 10.1. The van der Waals surface area contributed by atoms with E-state index in [2.05, 4.69) is 10.1 Å². The van der Waals surface area contributed by atoms with Crippen molar-refractivity contribution in [3.8, 4) is 5.75 Å². The highest BCUT2D eigenvalue weighted by Crippen LogP contribution is 2.19. The lowest BCUT2D eigenvalue weighted by molar-refractivity contribution is -0.131. The molecule has 1 aromatic heterocycles. The van der Waals surface area contributed by atoms with Crippen molar-refractivity contribution in [2.75, 3.05) is 45.8 Å². The Morgan fingerprint density at radius 1 is 0.909 bits per heavy atom. The molecule has 33 heavy (non-hydrogen) atoms. The summed E-state index contributed by atoms with van der Waals surface area (Å²) in [5.41, 5.74) is 2.77. The van der Waals surface area contributed by atoms with Crippen molar-refractivity contribution in [3.05, 3.63) is 46.8 Å². The SMILES string of the molecule is Cc1noc(C)c1COc1ccc(CC(=O)N2CCCN(CC(=O)N3CCCC3)CC2)cc1. The van der Waals surface area contributed by atoms with Crippen molar-refractivity contribution >= 4 is 11.8 Å². The van der Waals surface area contributed by atoms with Gasteiger partial charge in [0.25, 0.3) is 0 Å². The van der Waals surface area contributed by atoms with E-state index in [1.54, 1.807) is 0 Å². The van der Waals surface area contributed by atoms with Crippen molar-refractivity contribution in [2.24, 2.45) is 0 Å². The molecule has 3 heterocycles. The quantitative estimate of drug-likeness (QED) is 0.640. The van der Waals surface area contributed by atoms with Gasteiger partial charge in [-0.3, -0.25) is 14.5 Å². The third-order valence-electron chi connectivity index (χ3n) is 6.60. The highest BCUT2D eigenvalue weighted by molar-refractivity contribution is 5.79. The summed E-state index contributed by atoms with van der Waals surface area (Å²) in [6, 6.07) is 7.68. The predicted octanol–water partition coefficient (Wildman–Crippen LogP) is 2.57. The van der Waals surface area contributed by atoms with Gasteiger partial charge in [0.15, 0.2) is 0 Å². The fourth-order valence-corrected chi connectivity index (χ4v) is 4.49. The van der Waals surface area contributed by atoms with E-state index in [1.807, 2.05) is 47.9 Å². The average molecular weight is 455 g/mol. The largest absolute Gasteiger partial charge is 0.489 e. The molecule has 0 atom stereocenters. The second kappa shape index (κ2) is 10.8. The van der Waals surface area contributed by atoms with Crippen LogP contribution in [0.15, 0.2) is 28.8 Å². The van der Waals surface area contributed by atoms with Crippen LogP contribution in [0.4, 0.5) is 0 Å². The van der Waals surface area contributed by atoms with Gasteiger partial charge in [0.05, 0.1) is 24.2 Å². The van der Waals surface area contributed by atoms with E-state index < -0.39 is 0 Å². The number of aromatic nitrogens is 1. The Morgan fingerprint density at radius 2 is 1.61 bits per heavy atom. The molecule has 0 spiro atoms. The van der Waals surface area contributed by atoms with Crippen LogP contribution in [-0.2, 0) is 22.6 Å². The van der Waals surface area contributed by atoms with Crippen LogP contribution in [0.5, 0.6) is 5.75 Å². The summed E-state index contributed by atoms with van der Waals surface area (Å²) < 4.78 is 11.0. The molecule has 2 aliphatic heterocycles. The fraction of sp³-hybridized carbons (Fsp3) is 0.560. The van der Waals surface area contributed by atoms with E-state index in [0.29, 0.717) is 26.1 Å². The van der Waals surface area contributed by atoms with Gasteiger partial charge in [0, 0.05) is 39.3 Å². The van der Waals surface area contributed by atoms with E-state index >= 15 is 0 Å². The maximum absolute atomic E-state index is 12.9. The molecule has 2 aromatic rings. The Balaban J connectivity index is 1.23. The van der Waals surface area contributed by atoms with Gasteiger partial charge in [-0.1, -0.05) is 17.3 Å². The molecule has 2 aliphatic rings. The van der Waals surface area contributed by atoms with Crippen LogP contribution in [-0.4, -0.2) is 77.5 Å². The Morgan fingerprint density at radius 3 is 2.30 bits per heavy atom. The van der Waals surface area contributed by atoms with Crippen molar-refractivity contribution < 1.29 is 18.8 Å². The van der Waals surface area contributed by atoms with Crippen molar-refractivity contribution in [1.82, 2.24) is 19.9 Å². The molecule has 0 bridgehead atoms. The molecule has 8 nitrogen and oxygen atoms in total. The summed E-state index contributed by atoms with van der Waals surface area (Å²) in [6.07, 6.45) is 3.50. The zero-order chi connectivity index (χ0) is 23.2. The number of hydrogen-bond donors (Lipinski definition) is 0. The van der Waals surface area contributed by atoms with Gasteiger partial charge in [-0.05, 0) is 50.8 Å². The standard InChI is InChI=1S/C25H34N4O4/c1-19-23(20(2)33-26-19)18-32-22-8-6-21(7-9-22)16-24(30)29-13-5-10-27(14-15-29)17-25(31)28-11-3-4-12-28/h6-9H,3-5,10-18H2,1-2H3. The highest BCUT2D eigenvalue weighted by Gasteiger charge is 2.24. The molecular formula is C25H34N4O4. The van der Waals surface area contributed by atoms with Crippen LogP contribution in [0.2, 0.25) is 0 Å². The van der Waals surface area contributed by atoms with Crippen LogP contribution in [0.1, 0.15) is 41.8 Å². The predicted molar refractivity (Wildman–Crippen MR) is 124 cm³/mol. The monoisotopic (exact) mass is 454 g/mol. The molecule has 1 aromatic carbocycles. The Kier molecular flexibility index (Phi) is 7.65. The Hall–Kier alpha value is -2.87. The number of carbonyl (C=O) groups is 2. The summed E-state index contributed by atoms with van der Waals surface area (Å²) in [5, 5.41) is 3.94. The molecule has 2 saturated heterocycles. The number of amides is 2. The first kappa shape index (κ1) is 23.3. The number of nitrogens with zero attached hydrogens (tertiary/aromatic N) is 4. The lowest BCUT2D eigenvalue weighted by Gasteiger charge is -2.24. The van der Waals surface area contributed by atoms with Crippen LogP contribution in [0.3, 0.4) is 0 Å². The Labute approximate surface area is 195 Å². The summed E-state index contributed by atoms with van der Waals surface area (Å²) in [6.45, 7) is 9.46. The van der Waals surface area contributed by atoms with Crippen LogP contribution in [0, 0.1) is 13.8 Å². The van der Waals surface area contributed by atoms with E-state index in [0.717, 1.165) is 80.3 Å². The molecule has 2 fully saturated rings. The summed E-state index contributed by atoms with van der Waals surface area (Å²) >= 11 is 0. The average Bonchev–Trinajstić information content (AvgIpc) is 3.39. The van der Waals surface area contributed by atoms with Gasteiger partial charge >= 0.3 is 0 Å². The van der Waals surface area contributed by atoms with Gasteiger partial charge in [0.1, 0.15) is 18.1 Å². The number of rotatable bonds is 7. The molecule has 0 unspecified atom stereocenters. The Bertz CT molecular complexity index is 930. The minimum Gasteiger partial charge on any atom is -0.489 e. The van der Waals surface area contributed by atoms with Gasteiger partial charge in [-0.2, -0.15) is 0 Å². The minimum absolute atomic E-state index is 0.132. The maximum atomic E-state index is 12.9. The van der Waals surface area contributed by atoms with Crippen LogP contribution >= 0.6 is 0 Å². The fourth-order valence-electron chi connectivity index (χ4n) is 4.49. The molecular weight excluding hydrogens is 420 g/mol. The second-order valence-corrected chi connectivity index (χ2v) is 9.01. The van der Waals surface area contributed by atoms with E-state index in [4.69, 9.17) is 9.26 Å². The first-order chi connectivity index (χ1) is 16.0. The first-order valence-corrected chi connectivity index (χ1v) is 11.9. The number of hydrogen-bond acceptors (Lipinski definition) is 6. The molecule has 178 valence electrons. The van der Waals surface area contributed by atoms with E-state index in [1.165, 1.54) is 0 Å². The zero-order valence-corrected chi connectivity index (χ0v) is 19.7. The maximum Gasteiger partial charge on any atom is 0.236 e. The summed E-state index contributed by atoms with van der Waals surface area (Å²) in [5.74, 6) is 1.88.